The van der Waals surface area contributed by atoms with Gasteiger partial charge in [0.1, 0.15) is 18.6 Å². The molecule has 0 radical (unpaired) electrons. The van der Waals surface area contributed by atoms with Gasteiger partial charge in [-0.05, 0) is 17.7 Å². The van der Waals surface area contributed by atoms with Crippen LogP contribution >= 0.6 is 0 Å². The molecular weight excluding hydrogens is 168 g/mol. The Labute approximate surface area is 76.2 Å². The van der Waals surface area contributed by atoms with E-state index < -0.39 is 0 Å². The van der Waals surface area contributed by atoms with Gasteiger partial charge in [0, 0.05) is 0 Å². The number of benzene rings is 1. The summed E-state index contributed by atoms with van der Waals surface area (Å²) >= 11 is 0. The molecule has 0 spiro atoms. The van der Waals surface area contributed by atoms with Gasteiger partial charge < -0.3 is 14.6 Å². The van der Waals surface area contributed by atoms with Gasteiger partial charge in [-0.3, -0.25) is 0 Å². The van der Waals surface area contributed by atoms with E-state index in [1.807, 2.05) is 24.3 Å². The summed E-state index contributed by atoms with van der Waals surface area (Å²) in [6.45, 7) is 0.505. The minimum atomic E-state index is 0.0381. The Hall–Kier alpha value is -1.48. The normalized spacial score (nSPS) is 13.2. The van der Waals surface area contributed by atoms with E-state index in [-0.39, 0.29) is 6.61 Å². The third-order valence-corrected chi connectivity index (χ3v) is 1.75. The zero-order valence-electron chi connectivity index (χ0n) is 7.06. The highest BCUT2D eigenvalue weighted by molar-refractivity contribution is 5.28. The number of hydrogen-bond donors (Lipinski definition) is 1. The van der Waals surface area contributed by atoms with Crippen LogP contribution in [0.3, 0.4) is 0 Å². The second-order valence-corrected chi connectivity index (χ2v) is 2.80. The average Bonchev–Trinajstić information content (AvgIpc) is 2.99. The number of hydrogen-bond acceptors (Lipinski definition) is 3. The van der Waals surface area contributed by atoms with Gasteiger partial charge in [0.2, 0.25) is 0 Å². The minimum absolute atomic E-state index is 0.0381. The van der Waals surface area contributed by atoms with Gasteiger partial charge in [-0.2, -0.15) is 0 Å². The molecule has 0 unspecified atom stereocenters. The van der Waals surface area contributed by atoms with Crippen molar-refractivity contribution in [1.82, 2.24) is 0 Å². The lowest BCUT2D eigenvalue weighted by Crippen LogP contribution is -1.96. The standard InChI is InChI=1S/C10H10O3/c11-5-8-2-1-3-9(4-8)12-6-10-7-13-10/h1-4,7,11H,5-6H2. The number of aliphatic hydroxyl groups is 1. The second kappa shape index (κ2) is 3.49. The first-order chi connectivity index (χ1) is 6.38. The summed E-state index contributed by atoms with van der Waals surface area (Å²) in [5.74, 6) is 1.61. The molecule has 1 aromatic carbocycles. The van der Waals surface area contributed by atoms with E-state index in [1.165, 1.54) is 0 Å². The van der Waals surface area contributed by atoms with Gasteiger partial charge in [-0.1, -0.05) is 12.1 Å². The molecule has 0 bridgehead atoms. The van der Waals surface area contributed by atoms with E-state index in [4.69, 9.17) is 14.6 Å². The third-order valence-electron chi connectivity index (χ3n) is 1.75. The molecule has 3 heteroatoms. The van der Waals surface area contributed by atoms with Crippen molar-refractivity contribution >= 4 is 0 Å². The summed E-state index contributed by atoms with van der Waals surface area (Å²) in [6.07, 6.45) is 1.65. The summed E-state index contributed by atoms with van der Waals surface area (Å²) in [5.41, 5.74) is 0.850. The fraction of sp³-hybridized carbons (Fsp3) is 0.200. The largest absolute Gasteiger partial charge is 0.486 e. The topological polar surface area (TPSA) is 42.0 Å². The van der Waals surface area contributed by atoms with Gasteiger partial charge in [-0.15, -0.1) is 0 Å². The highest BCUT2D eigenvalue weighted by Gasteiger charge is 2.09. The van der Waals surface area contributed by atoms with Crippen molar-refractivity contribution in [3.8, 4) is 5.75 Å². The van der Waals surface area contributed by atoms with Gasteiger partial charge >= 0.3 is 0 Å². The maximum atomic E-state index is 8.86. The Morgan fingerprint density at radius 3 is 2.92 bits per heavy atom. The van der Waals surface area contributed by atoms with E-state index in [1.54, 1.807) is 6.26 Å². The molecule has 0 aromatic heterocycles. The SMILES string of the molecule is OCc1cccc(OCC2=CO2)c1. The monoisotopic (exact) mass is 178 g/mol. The van der Waals surface area contributed by atoms with Crippen molar-refractivity contribution in [2.24, 2.45) is 0 Å². The van der Waals surface area contributed by atoms with Crippen LogP contribution in [0, 0.1) is 0 Å². The summed E-state index contributed by atoms with van der Waals surface area (Å²) in [4.78, 5) is 0. The Kier molecular flexibility index (Phi) is 2.19. The van der Waals surface area contributed by atoms with Crippen molar-refractivity contribution in [3.05, 3.63) is 41.9 Å². The van der Waals surface area contributed by atoms with Crippen molar-refractivity contribution < 1.29 is 14.6 Å². The number of ether oxygens (including phenoxy) is 2. The van der Waals surface area contributed by atoms with Crippen LogP contribution < -0.4 is 4.74 Å². The Balaban J connectivity index is 1.97. The molecule has 0 aliphatic carbocycles. The maximum Gasteiger partial charge on any atom is 0.176 e. The van der Waals surface area contributed by atoms with Crippen molar-refractivity contribution in [1.29, 1.82) is 0 Å². The Morgan fingerprint density at radius 2 is 2.23 bits per heavy atom. The molecule has 0 amide bonds. The lowest BCUT2D eigenvalue weighted by Gasteiger charge is -2.03. The van der Waals surface area contributed by atoms with Crippen molar-refractivity contribution in [2.45, 2.75) is 6.61 Å². The average molecular weight is 178 g/mol. The summed E-state index contributed by atoms with van der Waals surface area (Å²) < 4.78 is 10.2. The van der Waals surface area contributed by atoms with Crippen LogP contribution in [-0.2, 0) is 11.3 Å². The fourth-order valence-corrected chi connectivity index (χ4v) is 0.998. The van der Waals surface area contributed by atoms with Gasteiger partial charge in [0.05, 0.1) is 6.61 Å². The Morgan fingerprint density at radius 1 is 1.38 bits per heavy atom. The molecule has 0 atom stereocenters. The van der Waals surface area contributed by atoms with Crippen LogP contribution in [-0.4, -0.2) is 11.7 Å². The first kappa shape index (κ1) is 8.13. The molecule has 3 nitrogen and oxygen atoms in total. The van der Waals surface area contributed by atoms with Crippen molar-refractivity contribution in [3.63, 3.8) is 0 Å². The second-order valence-electron chi connectivity index (χ2n) is 2.80. The number of rotatable bonds is 4. The van der Waals surface area contributed by atoms with Crippen LogP contribution in [0.2, 0.25) is 0 Å². The smallest absolute Gasteiger partial charge is 0.176 e. The first-order valence-electron chi connectivity index (χ1n) is 4.07. The molecule has 1 aliphatic heterocycles. The molecule has 1 heterocycles. The molecule has 0 fully saturated rings. The molecule has 0 saturated heterocycles. The molecule has 1 aromatic rings. The Bertz CT molecular complexity index is 331. The lowest BCUT2D eigenvalue weighted by atomic mass is 10.2. The lowest BCUT2D eigenvalue weighted by molar-refractivity contribution is 0.279. The van der Waals surface area contributed by atoms with Crippen LogP contribution in [0.4, 0.5) is 0 Å². The van der Waals surface area contributed by atoms with Gasteiger partial charge in [-0.25, -0.2) is 0 Å². The van der Waals surface area contributed by atoms with E-state index in [2.05, 4.69) is 0 Å². The highest BCUT2D eigenvalue weighted by atomic mass is 16.6. The molecule has 0 saturated carbocycles. The number of aliphatic hydroxyl groups excluding tert-OH is 1. The summed E-state index contributed by atoms with van der Waals surface area (Å²) in [7, 11) is 0. The van der Waals surface area contributed by atoms with Gasteiger partial charge in [0.25, 0.3) is 0 Å². The quantitative estimate of drug-likeness (QED) is 0.758. The molecule has 2 rings (SSSR count). The molecule has 68 valence electrons. The van der Waals surface area contributed by atoms with Crippen LogP contribution in [0.5, 0.6) is 5.75 Å². The molecular formula is C10H10O3. The van der Waals surface area contributed by atoms with Crippen LogP contribution in [0.25, 0.3) is 0 Å². The third kappa shape index (κ3) is 2.23. The van der Waals surface area contributed by atoms with Crippen LogP contribution in [0.1, 0.15) is 5.56 Å². The predicted octanol–water partition coefficient (Wildman–Crippen LogP) is 1.43. The molecule has 1 N–H and O–H groups in total. The zero-order valence-corrected chi connectivity index (χ0v) is 7.06. The van der Waals surface area contributed by atoms with Crippen molar-refractivity contribution in [2.75, 3.05) is 6.61 Å². The van der Waals surface area contributed by atoms with E-state index in [9.17, 15) is 0 Å². The highest BCUT2D eigenvalue weighted by Crippen LogP contribution is 2.17. The van der Waals surface area contributed by atoms with E-state index >= 15 is 0 Å². The molecule has 1 aliphatic rings. The molecule has 13 heavy (non-hydrogen) atoms. The van der Waals surface area contributed by atoms with Gasteiger partial charge in [0.15, 0.2) is 5.76 Å². The predicted molar refractivity (Wildman–Crippen MR) is 47.0 cm³/mol. The summed E-state index contributed by atoms with van der Waals surface area (Å²) in [5, 5.41) is 8.86. The van der Waals surface area contributed by atoms with Crippen LogP contribution in [0.15, 0.2) is 36.3 Å². The first-order valence-corrected chi connectivity index (χ1v) is 4.07. The summed E-state index contributed by atoms with van der Waals surface area (Å²) in [6, 6.07) is 7.35. The minimum Gasteiger partial charge on any atom is -0.486 e. The zero-order chi connectivity index (χ0) is 9.10. The van der Waals surface area contributed by atoms with E-state index in [0.29, 0.717) is 6.61 Å². The maximum absolute atomic E-state index is 8.86. The fourth-order valence-electron chi connectivity index (χ4n) is 0.998. The van der Waals surface area contributed by atoms with E-state index in [0.717, 1.165) is 17.1 Å².